The van der Waals surface area contributed by atoms with Crippen LogP contribution in [0.5, 0.6) is 0 Å². The number of nitrogens with two attached hydrogens (primary N) is 1. The molecule has 0 bridgehead atoms. The molecule has 15 heavy (non-hydrogen) atoms. The highest BCUT2D eigenvalue weighted by Gasteiger charge is 2.18. The highest BCUT2D eigenvalue weighted by atomic mass is 19.1. The van der Waals surface area contributed by atoms with E-state index in [-0.39, 0.29) is 6.04 Å². The van der Waals surface area contributed by atoms with Crippen molar-refractivity contribution in [1.82, 2.24) is 9.97 Å². The van der Waals surface area contributed by atoms with Crippen LogP contribution in [0.3, 0.4) is 0 Å². The zero-order chi connectivity index (χ0) is 10.8. The summed E-state index contributed by atoms with van der Waals surface area (Å²) in [6.45, 7) is 1.44. The van der Waals surface area contributed by atoms with Crippen molar-refractivity contribution in [2.45, 2.75) is 18.9 Å². The van der Waals surface area contributed by atoms with Crippen molar-refractivity contribution in [1.29, 1.82) is 0 Å². The van der Waals surface area contributed by atoms with E-state index >= 15 is 0 Å². The van der Waals surface area contributed by atoms with Gasteiger partial charge in [0.2, 0.25) is 11.8 Å². The summed E-state index contributed by atoms with van der Waals surface area (Å²) in [5.41, 5.74) is 5.06. The number of H-pyrrole nitrogens is 1. The molecule has 0 amide bonds. The zero-order valence-corrected chi connectivity index (χ0v) is 8.24. The molecule has 1 saturated heterocycles. The molecule has 0 aromatic carbocycles. The molecule has 0 spiro atoms. The third kappa shape index (κ3) is 2.15. The Morgan fingerprint density at radius 1 is 1.67 bits per heavy atom. The Labute approximate surface area is 86.1 Å². The van der Waals surface area contributed by atoms with E-state index in [1.807, 2.05) is 4.90 Å². The summed E-state index contributed by atoms with van der Waals surface area (Å²) in [6, 6.07) is 0.0918. The third-order valence-corrected chi connectivity index (χ3v) is 2.50. The average molecular weight is 212 g/mol. The van der Waals surface area contributed by atoms with Gasteiger partial charge in [-0.2, -0.15) is 4.39 Å². The van der Waals surface area contributed by atoms with Gasteiger partial charge in [0, 0.05) is 19.1 Å². The Balaban J connectivity index is 2.21. The lowest BCUT2D eigenvalue weighted by molar-refractivity contribution is 0.497. The highest BCUT2D eigenvalue weighted by Crippen LogP contribution is 2.13. The molecule has 1 atom stereocenters. The number of piperidine rings is 1. The van der Waals surface area contributed by atoms with Gasteiger partial charge in [0.05, 0.1) is 6.20 Å². The first kappa shape index (κ1) is 10.1. The summed E-state index contributed by atoms with van der Waals surface area (Å²) >= 11 is 0. The lowest BCUT2D eigenvalue weighted by atomic mass is 10.1. The van der Waals surface area contributed by atoms with Crippen LogP contribution in [0.25, 0.3) is 0 Å². The molecule has 1 aliphatic rings. The molecule has 1 aromatic heterocycles. The lowest BCUT2D eigenvalue weighted by Crippen LogP contribution is -2.44. The second-order valence-corrected chi connectivity index (χ2v) is 3.73. The fourth-order valence-corrected chi connectivity index (χ4v) is 1.73. The van der Waals surface area contributed by atoms with Gasteiger partial charge in [-0.1, -0.05) is 0 Å². The van der Waals surface area contributed by atoms with E-state index in [1.165, 1.54) is 0 Å². The van der Waals surface area contributed by atoms with E-state index in [0.29, 0.717) is 12.5 Å². The molecule has 0 saturated carbocycles. The first-order valence-electron chi connectivity index (χ1n) is 4.92. The maximum Gasteiger partial charge on any atom is 0.288 e. The second kappa shape index (κ2) is 3.98. The van der Waals surface area contributed by atoms with Gasteiger partial charge in [0.25, 0.3) is 5.56 Å². The lowest BCUT2D eigenvalue weighted by Gasteiger charge is -2.30. The number of rotatable bonds is 1. The smallest absolute Gasteiger partial charge is 0.288 e. The predicted molar refractivity (Wildman–Crippen MR) is 54.2 cm³/mol. The van der Waals surface area contributed by atoms with E-state index in [4.69, 9.17) is 5.73 Å². The van der Waals surface area contributed by atoms with Crippen LogP contribution in [0.4, 0.5) is 10.3 Å². The van der Waals surface area contributed by atoms with Crippen molar-refractivity contribution >= 4 is 5.95 Å². The summed E-state index contributed by atoms with van der Waals surface area (Å²) in [6.07, 6.45) is 2.87. The maximum absolute atomic E-state index is 12.7. The summed E-state index contributed by atoms with van der Waals surface area (Å²) in [4.78, 5) is 19.1. The topological polar surface area (TPSA) is 75.0 Å². The zero-order valence-electron chi connectivity index (χ0n) is 8.24. The van der Waals surface area contributed by atoms with Crippen LogP contribution in [-0.4, -0.2) is 29.1 Å². The third-order valence-electron chi connectivity index (χ3n) is 2.50. The minimum Gasteiger partial charge on any atom is -0.341 e. The number of hydrogen-bond donors (Lipinski definition) is 2. The van der Waals surface area contributed by atoms with Crippen molar-refractivity contribution in [2.24, 2.45) is 5.73 Å². The molecule has 0 aliphatic carbocycles. The van der Waals surface area contributed by atoms with Gasteiger partial charge >= 0.3 is 0 Å². The number of hydrogen-bond acceptors (Lipinski definition) is 4. The summed E-state index contributed by atoms with van der Waals surface area (Å²) in [5.74, 6) is -0.461. The quantitative estimate of drug-likeness (QED) is 0.678. The first-order chi connectivity index (χ1) is 7.16. The van der Waals surface area contributed by atoms with Gasteiger partial charge in [-0.05, 0) is 12.8 Å². The Kier molecular flexibility index (Phi) is 2.68. The molecule has 1 aliphatic heterocycles. The van der Waals surface area contributed by atoms with Gasteiger partial charge in [-0.3, -0.25) is 9.78 Å². The molecule has 5 nitrogen and oxygen atoms in total. The Morgan fingerprint density at radius 2 is 2.47 bits per heavy atom. The van der Waals surface area contributed by atoms with E-state index in [2.05, 4.69) is 9.97 Å². The van der Waals surface area contributed by atoms with Crippen LogP contribution in [0, 0.1) is 5.82 Å². The number of anilines is 1. The Morgan fingerprint density at radius 3 is 3.13 bits per heavy atom. The molecule has 2 rings (SSSR count). The van der Waals surface area contributed by atoms with E-state index in [0.717, 1.165) is 25.6 Å². The summed E-state index contributed by atoms with van der Waals surface area (Å²) < 4.78 is 12.7. The van der Waals surface area contributed by atoms with Crippen molar-refractivity contribution in [3.05, 3.63) is 22.4 Å². The summed E-state index contributed by atoms with van der Waals surface area (Å²) in [5, 5.41) is 0. The number of aromatic amines is 1. The molecule has 0 unspecified atom stereocenters. The minimum atomic E-state index is -0.861. The van der Waals surface area contributed by atoms with Crippen molar-refractivity contribution in [3.8, 4) is 0 Å². The van der Waals surface area contributed by atoms with Crippen LogP contribution >= 0.6 is 0 Å². The minimum absolute atomic E-state index is 0.0918. The van der Waals surface area contributed by atoms with Crippen molar-refractivity contribution in [3.63, 3.8) is 0 Å². The van der Waals surface area contributed by atoms with Gasteiger partial charge < -0.3 is 10.6 Å². The van der Waals surface area contributed by atoms with E-state index in [9.17, 15) is 9.18 Å². The number of nitrogens with one attached hydrogen (secondary N) is 1. The molecule has 1 fully saturated rings. The molecule has 3 N–H and O–H groups in total. The molecular weight excluding hydrogens is 199 g/mol. The second-order valence-electron chi connectivity index (χ2n) is 3.73. The molecule has 0 radical (unpaired) electrons. The highest BCUT2D eigenvalue weighted by molar-refractivity contribution is 5.29. The Bertz CT molecular complexity index is 405. The van der Waals surface area contributed by atoms with E-state index < -0.39 is 11.4 Å². The van der Waals surface area contributed by atoms with Gasteiger partial charge in [-0.25, -0.2) is 4.98 Å². The molecular formula is C9H13FN4O. The van der Waals surface area contributed by atoms with Gasteiger partial charge in [-0.15, -0.1) is 0 Å². The van der Waals surface area contributed by atoms with Crippen LogP contribution < -0.4 is 16.2 Å². The fourth-order valence-electron chi connectivity index (χ4n) is 1.73. The predicted octanol–water partition coefficient (Wildman–Crippen LogP) is -0.163. The van der Waals surface area contributed by atoms with Crippen LogP contribution in [-0.2, 0) is 0 Å². The molecule has 6 heteroatoms. The van der Waals surface area contributed by atoms with Crippen LogP contribution in [0.15, 0.2) is 11.0 Å². The first-order valence-corrected chi connectivity index (χ1v) is 4.92. The molecule has 82 valence electrons. The number of aromatic nitrogens is 2. The fraction of sp³-hybridized carbons (Fsp3) is 0.556. The van der Waals surface area contributed by atoms with Crippen LogP contribution in [0.1, 0.15) is 12.8 Å². The number of nitrogens with zero attached hydrogens (tertiary/aromatic N) is 2. The van der Waals surface area contributed by atoms with Gasteiger partial charge in [0.1, 0.15) is 0 Å². The van der Waals surface area contributed by atoms with E-state index in [1.54, 1.807) is 0 Å². The Hall–Kier alpha value is -1.43. The monoisotopic (exact) mass is 212 g/mol. The summed E-state index contributed by atoms with van der Waals surface area (Å²) in [7, 11) is 0. The normalized spacial score (nSPS) is 21.7. The van der Waals surface area contributed by atoms with Crippen LogP contribution in [0.2, 0.25) is 0 Å². The average Bonchev–Trinajstić information content (AvgIpc) is 2.22. The van der Waals surface area contributed by atoms with Crippen molar-refractivity contribution < 1.29 is 4.39 Å². The largest absolute Gasteiger partial charge is 0.341 e. The maximum atomic E-state index is 12.7. The number of halogens is 1. The SMILES string of the molecule is N[C@@H]1CCCN(c2ncc(F)c(=O)[nH]2)C1. The van der Waals surface area contributed by atoms with Crippen molar-refractivity contribution in [2.75, 3.05) is 18.0 Å². The molecule has 2 heterocycles. The van der Waals surface area contributed by atoms with Gasteiger partial charge in [0.15, 0.2) is 0 Å². The molecule has 1 aromatic rings. The standard InChI is InChI=1S/C9H13FN4O/c10-7-4-12-9(13-8(7)15)14-3-1-2-6(11)5-14/h4,6H,1-3,5,11H2,(H,12,13,15)/t6-/m1/s1.